The second-order valence-electron chi connectivity index (χ2n) is 6.20. The highest BCUT2D eigenvalue weighted by Gasteiger charge is 2.54. The van der Waals surface area contributed by atoms with E-state index in [1.54, 1.807) is 6.92 Å². The molecule has 0 amide bonds. The molecule has 0 fully saturated rings. The Hall–Kier alpha value is -2.42. The Morgan fingerprint density at radius 2 is 1.07 bits per heavy atom. The molecule has 28 heavy (non-hydrogen) atoms. The molecule has 3 rings (SSSR count). The van der Waals surface area contributed by atoms with Crippen molar-refractivity contribution in [1.29, 1.82) is 0 Å². The Morgan fingerprint density at radius 1 is 0.750 bits per heavy atom. The van der Waals surface area contributed by atoms with Gasteiger partial charge in [0.15, 0.2) is 7.26 Å². The van der Waals surface area contributed by atoms with E-state index in [1.165, 1.54) is 7.11 Å². The number of hydrogen-bond donors (Lipinski definition) is 1. The average Bonchev–Trinajstić information content (AvgIpc) is 2.73. The Bertz CT molecular complexity index is 843. The van der Waals surface area contributed by atoms with Gasteiger partial charge < -0.3 is 27.5 Å². The van der Waals surface area contributed by atoms with Gasteiger partial charge >= 0.3 is 5.97 Å². The van der Waals surface area contributed by atoms with Crippen LogP contribution in [0.3, 0.4) is 0 Å². The van der Waals surface area contributed by atoms with Gasteiger partial charge in [0, 0.05) is 0 Å². The van der Waals surface area contributed by atoms with Gasteiger partial charge in [-0.15, -0.1) is 0 Å². The number of esters is 1. The minimum absolute atomic E-state index is 0. The Kier molecular flexibility index (Phi) is 7.56. The third kappa shape index (κ3) is 3.89. The molecule has 0 bridgehead atoms. The van der Waals surface area contributed by atoms with Gasteiger partial charge in [0.05, 0.1) is 12.8 Å². The van der Waals surface area contributed by atoms with Crippen molar-refractivity contribution in [2.45, 2.75) is 6.92 Å². The summed E-state index contributed by atoms with van der Waals surface area (Å²) in [6.45, 7) is 1.77. The number of rotatable bonds is 5. The normalized spacial score (nSPS) is 11.8. The van der Waals surface area contributed by atoms with E-state index < -0.39 is 7.26 Å². The summed E-state index contributed by atoms with van der Waals surface area (Å²) in [6.07, 6.45) is 0. The zero-order valence-corrected chi connectivity index (χ0v) is 18.4. The first kappa shape index (κ1) is 21.9. The first-order valence-electron chi connectivity index (χ1n) is 8.73. The fourth-order valence-electron chi connectivity index (χ4n) is 3.45. The van der Waals surface area contributed by atoms with Crippen molar-refractivity contribution in [3.63, 3.8) is 0 Å². The molecular weight excluding hydrogens is 433 g/mol. The number of halogens is 1. The van der Waals surface area contributed by atoms with E-state index in [0.717, 1.165) is 15.9 Å². The number of allylic oxidation sites excluding steroid dienone is 1. The van der Waals surface area contributed by atoms with Crippen molar-refractivity contribution in [3.05, 3.63) is 102 Å². The molecule has 5 heteroatoms. The molecule has 0 spiro atoms. The van der Waals surface area contributed by atoms with Crippen LogP contribution in [0.25, 0.3) is 0 Å². The van der Waals surface area contributed by atoms with E-state index in [0.29, 0.717) is 11.0 Å². The molecule has 0 aromatic heterocycles. The van der Waals surface area contributed by atoms with Crippen molar-refractivity contribution in [3.8, 4) is 0 Å². The minimum atomic E-state index is -2.51. The van der Waals surface area contributed by atoms with Crippen molar-refractivity contribution in [2.75, 3.05) is 7.11 Å². The molecule has 0 saturated carbocycles. The van der Waals surface area contributed by atoms with Crippen LogP contribution in [0.15, 0.2) is 102 Å². The van der Waals surface area contributed by atoms with Gasteiger partial charge in [0.25, 0.3) is 0 Å². The van der Waals surface area contributed by atoms with Crippen molar-refractivity contribution in [2.24, 2.45) is 5.73 Å². The molecule has 0 aliphatic heterocycles. The lowest BCUT2D eigenvalue weighted by molar-refractivity contribution is -0.135. The molecule has 0 radical (unpaired) electrons. The maximum absolute atomic E-state index is 13.0. The highest BCUT2D eigenvalue weighted by atomic mass is 79.9. The van der Waals surface area contributed by atoms with Gasteiger partial charge in [-0.2, -0.15) is 0 Å². The molecule has 0 saturated heterocycles. The zero-order valence-electron chi connectivity index (χ0n) is 15.9. The maximum Gasteiger partial charge on any atom is 0.376 e. The standard InChI is InChI=1S/C23H22NO2P.BrH/c1-18(24)22(23(25)26-2)27(19-12-6-3-7-13-19,20-14-8-4-9-15-20)21-16-10-5-11-17-21;/h3-17H,1-2H3,(H-,24,25);1H. The average molecular weight is 456 g/mol. The van der Waals surface area contributed by atoms with Crippen LogP contribution in [0.4, 0.5) is 0 Å². The summed E-state index contributed by atoms with van der Waals surface area (Å²) >= 11 is 0. The fraction of sp³-hybridized carbons (Fsp3) is 0.0870. The van der Waals surface area contributed by atoms with E-state index in [2.05, 4.69) is 36.4 Å². The van der Waals surface area contributed by atoms with Crippen molar-refractivity contribution >= 4 is 29.1 Å². The predicted molar refractivity (Wildman–Crippen MR) is 114 cm³/mol. The second kappa shape index (κ2) is 9.68. The third-order valence-electron chi connectivity index (χ3n) is 4.52. The molecular formula is C23H23BrNO2P. The van der Waals surface area contributed by atoms with E-state index in [1.807, 2.05) is 54.6 Å². The van der Waals surface area contributed by atoms with Gasteiger partial charge in [-0.1, -0.05) is 54.6 Å². The summed E-state index contributed by atoms with van der Waals surface area (Å²) in [7, 11) is -1.11. The lowest BCUT2D eigenvalue weighted by Gasteiger charge is -2.28. The van der Waals surface area contributed by atoms with Crippen molar-refractivity contribution < 1.29 is 26.5 Å². The van der Waals surface area contributed by atoms with Gasteiger partial charge in [0.2, 0.25) is 5.31 Å². The molecule has 3 nitrogen and oxygen atoms in total. The van der Waals surface area contributed by atoms with E-state index in [9.17, 15) is 4.79 Å². The van der Waals surface area contributed by atoms with E-state index >= 15 is 0 Å². The highest BCUT2D eigenvalue weighted by molar-refractivity contribution is 7.99. The number of ether oxygens (including phenoxy) is 1. The number of carbonyl (C=O) groups excluding carboxylic acids is 1. The molecule has 3 aromatic rings. The topological polar surface area (TPSA) is 52.3 Å². The summed E-state index contributed by atoms with van der Waals surface area (Å²) in [6, 6.07) is 30.3. The quantitative estimate of drug-likeness (QED) is 0.343. The first-order chi connectivity index (χ1) is 13.1. The summed E-state index contributed by atoms with van der Waals surface area (Å²) in [5.74, 6) is -0.389. The SMILES string of the molecule is COC(=O)/C(=C(\C)N)[P+](c1ccccc1)(c1ccccc1)c1ccccc1.[Br-]. The maximum atomic E-state index is 13.0. The molecule has 3 aromatic carbocycles. The van der Waals surface area contributed by atoms with E-state index in [4.69, 9.17) is 10.5 Å². The number of hydrogen-bond acceptors (Lipinski definition) is 3. The summed E-state index contributed by atoms with van der Waals surface area (Å²) in [5, 5.41) is 3.72. The number of carbonyl (C=O) groups is 1. The first-order valence-corrected chi connectivity index (χ1v) is 10.5. The Morgan fingerprint density at radius 3 is 1.32 bits per heavy atom. The second-order valence-corrected chi connectivity index (χ2v) is 9.54. The van der Waals surface area contributed by atoms with Gasteiger partial charge in [-0.3, -0.25) is 0 Å². The molecule has 0 aliphatic carbocycles. The van der Waals surface area contributed by atoms with Crippen LogP contribution in [0.2, 0.25) is 0 Å². The molecule has 0 aliphatic rings. The summed E-state index contributed by atoms with van der Waals surface area (Å²) < 4.78 is 5.20. The number of benzene rings is 3. The smallest absolute Gasteiger partial charge is 0.376 e. The van der Waals surface area contributed by atoms with Gasteiger partial charge in [-0.05, 0) is 43.3 Å². The monoisotopic (exact) mass is 455 g/mol. The molecule has 0 heterocycles. The Labute approximate surface area is 177 Å². The largest absolute Gasteiger partial charge is 1.00 e. The summed E-state index contributed by atoms with van der Waals surface area (Å²) in [5.41, 5.74) is 6.80. The van der Waals surface area contributed by atoms with E-state index in [-0.39, 0.29) is 23.0 Å². The highest BCUT2D eigenvalue weighted by Crippen LogP contribution is 2.63. The lowest BCUT2D eigenvalue weighted by atomic mass is 10.3. The molecule has 2 N–H and O–H groups in total. The van der Waals surface area contributed by atoms with Gasteiger partial charge in [0.1, 0.15) is 15.9 Å². The predicted octanol–water partition coefficient (Wildman–Crippen LogP) is 0.348. The number of nitrogens with two attached hydrogens (primary N) is 1. The van der Waals surface area contributed by atoms with Gasteiger partial charge in [-0.25, -0.2) is 4.79 Å². The lowest BCUT2D eigenvalue weighted by Crippen LogP contribution is -3.00. The van der Waals surface area contributed by atoms with Crippen LogP contribution in [-0.2, 0) is 9.53 Å². The van der Waals surface area contributed by atoms with Crippen LogP contribution in [0.1, 0.15) is 6.92 Å². The molecule has 144 valence electrons. The van der Waals surface area contributed by atoms with Crippen LogP contribution in [-0.4, -0.2) is 13.1 Å². The minimum Gasteiger partial charge on any atom is -1.00 e. The van der Waals surface area contributed by atoms with Crippen molar-refractivity contribution in [1.82, 2.24) is 0 Å². The van der Waals surface area contributed by atoms with Crippen LogP contribution in [0.5, 0.6) is 0 Å². The molecule has 0 unspecified atom stereocenters. The van der Waals surface area contributed by atoms with Crippen LogP contribution >= 0.6 is 7.26 Å². The summed E-state index contributed by atoms with van der Waals surface area (Å²) in [4.78, 5) is 13.0. The van der Waals surface area contributed by atoms with Crippen LogP contribution in [0, 0.1) is 0 Å². The van der Waals surface area contributed by atoms with Crippen LogP contribution < -0.4 is 38.6 Å². The zero-order chi connectivity index (χ0) is 19.3. The number of methoxy groups -OCH3 is 1. The fourth-order valence-corrected chi connectivity index (χ4v) is 7.87. The third-order valence-corrected chi connectivity index (χ3v) is 8.94. The Balaban J connectivity index is 0.00000280. The molecule has 0 atom stereocenters.